The number of nitroso groups, excluding NO2 is 1. The Morgan fingerprint density at radius 1 is 1.10 bits per heavy atom. The van der Waals surface area contributed by atoms with E-state index in [9.17, 15) is 10.0 Å². The predicted molar refractivity (Wildman–Crippen MR) is 80.6 cm³/mol. The van der Waals surface area contributed by atoms with E-state index < -0.39 is 0 Å². The van der Waals surface area contributed by atoms with Gasteiger partial charge in [-0.25, -0.2) is 0 Å². The van der Waals surface area contributed by atoms with Gasteiger partial charge in [-0.3, -0.25) is 0 Å². The van der Waals surface area contributed by atoms with Gasteiger partial charge in [0.15, 0.2) is 5.75 Å². The van der Waals surface area contributed by atoms with Crippen molar-refractivity contribution in [2.45, 2.75) is 12.8 Å². The average Bonchev–Trinajstić information content (AvgIpc) is 2.54. The third-order valence-corrected chi connectivity index (χ3v) is 3.51. The number of phenolic OH excluding ortho intramolecular Hbond substituents is 1. The minimum absolute atomic E-state index is 0.0718. The number of methoxy groups -OCH3 is 2. The molecule has 21 heavy (non-hydrogen) atoms. The molecule has 5 heteroatoms. The lowest BCUT2D eigenvalue weighted by molar-refractivity contribution is 0.407. The molecule has 0 saturated heterocycles. The van der Waals surface area contributed by atoms with Crippen LogP contribution in [0, 0.1) is 4.91 Å². The molecule has 1 atom stereocenters. The summed E-state index contributed by atoms with van der Waals surface area (Å²) < 4.78 is 10.1. The summed E-state index contributed by atoms with van der Waals surface area (Å²) >= 11 is 0. The molecule has 0 radical (unpaired) electrons. The van der Waals surface area contributed by atoms with Crippen LogP contribution in [0.1, 0.15) is 24.0 Å². The van der Waals surface area contributed by atoms with E-state index in [4.69, 9.17) is 9.47 Å². The molecule has 0 spiro atoms. The van der Waals surface area contributed by atoms with Gasteiger partial charge in [0.1, 0.15) is 17.2 Å². The summed E-state index contributed by atoms with van der Waals surface area (Å²) in [5.41, 5.74) is 1.79. The van der Waals surface area contributed by atoms with Gasteiger partial charge in [-0.15, -0.1) is 4.91 Å². The van der Waals surface area contributed by atoms with Gasteiger partial charge >= 0.3 is 0 Å². The fourth-order valence-electron chi connectivity index (χ4n) is 2.23. The second-order valence-corrected chi connectivity index (χ2v) is 4.67. The largest absolute Gasteiger partial charge is 0.508 e. The number of ether oxygens (including phenoxy) is 2. The highest BCUT2D eigenvalue weighted by atomic mass is 16.5. The maximum atomic E-state index is 10.9. The molecule has 0 aliphatic carbocycles. The second-order valence-electron chi connectivity index (χ2n) is 4.67. The minimum Gasteiger partial charge on any atom is -0.508 e. The van der Waals surface area contributed by atoms with Crippen LogP contribution in [0.3, 0.4) is 0 Å². The predicted octanol–water partition coefficient (Wildman–Crippen LogP) is 3.96. The van der Waals surface area contributed by atoms with Gasteiger partial charge in [0.05, 0.1) is 14.2 Å². The van der Waals surface area contributed by atoms with Gasteiger partial charge in [0, 0.05) is 17.5 Å². The smallest absolute Gasteiger partial charge is 0.151 e. The van der Waals surface area contributed by atoms with Gasteiger partial charge < -0.3 is 14.6 Å². The van der Waals surface area contributed by atoms with Crippen LogP contribution in [-0.4, -0.2) is 19.3 Å². The number of hydrogen-bond donors (Lipinski definition) is 1. The lowest BCUT2D eigenvalue weighted by atomic mass is 9.92. The van der Waals surface area contributed by atoms with Gasteiger partial charge in [-0.1, -0.05) is 19.1 Å². The van der Waals surface area contributed by atoms with E-state index in [2.05, 4.69) is 5.18 Å². The molecule has 0 aromatic heterocycles. The maximum Gasteiger partial charge on any atom is 0.151 e. The second kappa shape index (κ2) is 6.26. The molecule has 0 amide bonds. The van der Waals surface area contributed by atoms with Crippen molar-refractivity contribution in [3.8, 4) is 17.2 Å². The molecule has 2 aromatic rings. The molecular formula is C16H17NO4. The third kappa shape index (κ3) is 2.97. The first-order chi connectivity index (χ1) is 10.1. The molecule has 0 aliphatic heterocycles. The summed E-state index contributed by atoms with van der Waals surface area (Å²) in [6, 6.07) is 10.5. The molecular weight excluding hydrogens is 270 g/mol. The Kier molecular flexibility index (Phi) is 4.42. The van der Waals surface area contributed by atoms with E-state index in [0.29, 0.717) is 5.56 Å². The lowest BCUT2D eigenvalue weighted by Crippen LogP contribution is -1.97. The molecule has 2 rings (SSSR count). The average molecular weight is 287 g/mol. The van der Waals surface area contributed by atoms with Crippen molar-refractivity contribution >= 4 is 5.69 Å². The van der Waals surface area contributed by atoms with E-state index in [1.54, 1.807) is 13.2 Å². The first-order valence-corrected chi connectivity index (χ1v) is 6.49. The van der Waals surface area contributed by atoms with Crippen LogP contribution in [-0.2, 0) is 0 Å². The van der Waals surface area contributed by atoms with E-state index in [0.717, 1.165) is 11.3 Å². The lowest BCUT2D eigenvalue weighted by Gasteiger charge is -2.16. The highest BCUT2D eigenvalue weighted by molar-refractivity contribution is 5.60. The zero-order chi connectivity index (χ0) is 15.4. The Morgan fingerprint density at radius 3 is 2.29 bits per heavy atom. The van der Waals surface area contributed by atoms with E-state index >= 15 is 0 Å². The number of aromatic hydroxyl groups is 1. The summed E-state index contributed by atoms with van der Waals surface area (Å²) in [4.78, 5) is 10.9. The number of benzene rings is 2. The van der Waals surface area contributed by atoms with Gasteiger partial charge in [0.2, 0.25) is 0 Å². The van der Waals surface area contributed by atoms with E-state index in [1.807, 2.05) is 31.2 Å². The van der Waals surface area contributed by atoms with Crippen molar-refractivity contribution in [1.29, 1.82) is 0 Å². The molecule has 110 valence electrons. The van der Waals surface area contributed by atoms with Crippen LogP contribution >= 0.6 is 0 Å². The van der Waals surface area contributed by atoms with Crippen molar-refractivity contribution in [2.24, 2.45) is 5.18 Å². The number of rotatable bonds is 5. The fraction of sp³-hybridized carbons (Fsp3) is 0.250. The summed E-state index contributed by atoms with van der Waals surface area (Å²) in [5.74, 6) is 0.998. The van der Waals surface area contributed by atoms with Gasteiger partial charge in [0.25, 0.3) is 0 Å². The Balaban J connectivity index is 2.41. The highest BCUT2D eigenvalue weighted by Crippen LogP contribution is 2.39. The Morgan fingerprint density at radius 2 is 1.76 bits per heavy atom. The monoisotopic (exact) mass is 287 g/mol. The summed E-state index contributed by atoms with van der Waals surface area (Å²) in [5, 5.41) is 13.1. The number of phenols is 1. The zero-order valence-electron chi connectivity index (χ0n) is 12.2. The van der Waals surface area contributed by atoms with Crippen molar-refractivity contribution in [1.82, 2.24) is 0 Å². The van der Waals surface area contributed by atoms with Crippen molar-refractivity contribution < 1.29 is 14.6 Å². The standard InChI is InChI=1S/C16H17NO4/c1-10(11-4-6-12(20-2)7-5-11)13-8-14(17-19)16(21-3)9-15(13)18/h4-10,18H,1-3H3. The van der Waals surface area contributed by atoms with Crippen LogP contribution < -0.4 is 9.47 Å². The summed E-state index contributed by atoms with van der Waals surface area (Å²) in [7, 11) is 3.03. The van der Waals surface area contributed by atoms with Crippen molar-refractivity contribution in [2.75, 3.05) is 14.2 Å². The zero-order valence-corrected chi connectivity index (χ0v) is 12.2. The van der Waals surface area contributed by atoms with E-state index in [1.165, 1.54) is 13.2 Å². The quantitative estimate of drug-likeness (QED) is 0.845. The van der Waals surface area contributed by atoms with Gasteiger partial charge in [-0.05, 0) is 28.9 Å². The topological polar surface area (TPSA) is 68.1 Å². The van der Waals surface area contributed by atoms with Crippen LogP contribution in [0.15, 0.2) is 41.6 Å². The van der Waals surface area contributed by atoms with Crippen LogP contribution in [0.2, 0.25) is 0 Å². The molecule has 0 heterocycles. The first kappa shape index (κ1) is 14.8. The molecule has 1 unspecified atom stereocenters. The maximum absolute atomic E-state index is 10.9. The molecule has 0 aliphatic rings. The minimum atomic E-state index is -0.0951. The Bertz CT molecular complexity index is 637. The summed E-state index contributed by atoms with van der Waals surface area (Å²) in [6.07, 6.45) is 0. The van der Waals surface area contributed by atoms with Crippen LogP contribution in [0.25, 0.3) is 0 Å². The molecule has 5 nitrogen and oxygen atoms in total. The van der Waals surface area contributed by atoms with Gasteiger partial charge in [-0.2, -0.15) is 0 Å². The van der Waals surface area contributed by atoms with Crippen LogP contribution in [0.5, 0.6) is 17.2 Å². The molecule has 0 bridgehead atoms. The van der Waals surface area contributed by atoms with Crippen molar-refractivity contribution in [3.63, 3.8) is 0 Å². The van der Waals surface area contributed by atoms with E-state index in [-0.39, 0.29) is 23.1 Å². The summed E-state index contributed by atoms with van der Waals surface area (Å²) in [6.45, 7) is 1.94. The molecule has 2 aromatic carbocycles. The molecule has 0 fully saturated rings. The third-order valence-electron chi connectivity index (χ3n) is 3.51. The van der Waals surface area contributed by atoms with Crippen molar-refractivity contribution in [3.05, 3.63) is 52.4 Å². The molecule has 1 N–H and O–H groups in total. The fourth-order valence-corrected chi connectivity index (χ4v) is 2.23. The molecule has 0 saturated carbocycles. The highest BCUT2D eigenvalue weighted by Gasteiger charge is 2.17. The Labute approximate surface area is 123 Å². The number of hydrogen-bond acceptors (Lipinski definition) is 5. The Hall–Kier alpha value is -2.56. The normalized spacial score (nSPS) is 11.8. The van der Waals surface area contributed by atoms with Crippen LogP contribution in [0.4, 0.5) is 5.69 Å². The SMILES string of the molecule is COc1ccc(C(C)c2cc(N=O)c(OC)cc2O)cc1. The number of nitrogens with zero attached hydrogens (tertiary/aromatic N) is 1. The first-order valence-electron chi connectivity index (χ1n) is 6.49.